The number of allylic oxidation sites excluding steroid dienone is 2. The molecule has 20 heavy (non-hydrogen) atoms. The SMILES string of the molecule is O=C(N/N=C1/C[C@H]2C=CC[C@@H]12)c1ccc([N+](=O)[O-])cc1. The molecule has 0 radical (unpaired) electrons. The lowest BCUT2D eigenvalue weighted by molar-refractivity contribution is -0.384. The van der Waals surface area contributed by atoms with Gasteiger partial charge in [0.1, 0.15) is 0 Å². The molecular weight excluding hydrogens is 258 g/mol. The summed E-state index contributed by atoms with van der Waals surface area (Å²) in [5.74, 6) is 0.694. The van der Waals surface area contributed by atoms with E-state index in [4.69, 9.17) is 0 Å². The average Bonchev–Trinajstić information content (AvgIpc) is 2.80. The van der Waals surface area contributed by atoms with Crippen molar-refractivity contribution in [3.63, 3.8) is 0 Å². The van der Waals surface area contributed by atoms with Crippen molar-refractivity contribution in [3.05, 3.63) is 52.1 Å². The summed E-state index contributed by atoms with van der Waals surface area (Å²) in [5.41, 5.74) is 3.86. The number of carbonyl (C=O) groups is 1. The summed E-state index contributed by atoms with van der Waals surface area (Å²) < 4.78 is 0. The number of hydrogen-bond donors (Lipinski definition) is 1. The number of hydrazone groups is 1. The van der Waals surface area contributed by atoms with E-state index in [-0.39, 0.29) is 11.6 Å². The molecule has 0 aliphatic heterocycles. The Bertz CT molecular complexity index is 619. The van der Waals surface area contributed by atoms with Gasteiger partial charge in [0.2, 0.25) is 0 Å². The fraction of sp³-hybridized carbons (Fsp3) is 0.286. The number of nitrogens with zero attached hydrogens (tertiary/aromatic N) is 2. The van der Waals surface area contributed by atoms with Gasteiger partial charge in [-0.25, -0.2) is 5.43 Å². The fourth-order valence-corrected chi connectivity index (χ4v) is 2.58. The Morgan fingerprint density at radius 3 is 2.75 bits per heavy atom. The van der Waals surface area contributed by atoms with E-state index in [2.05, 4.69) is 22.7 Å². The molecule has 102 valence electrons. The number of carbonyl (C=O) groups excluding carboxylic acids is 1. The second-order valence-electron chi connectivity index (χ2n) is 4.99. The topological polar surface area (TPSA) is 84.6 Å². The van der Waals surface area contributed by atoms with E-state index in [1.54, 1.807) is 0 Å². The molecule has 1 saturated carbocycles. The van der Waals surface area contributed by atoms with Crippen LogP contribution in [0.25, 0.3) is 0 Å². The van der Waals surface area contributed by atoms with E-state index >= 15 is 0 Å². The van der Waals surface area contributed by atoms with Crippen molar-refractivity contribution in [2.45, 2.75) is 12.8 Å². The third-order valence-corrected chi connectivity index (χ3v) is 3.80. The molecular formula is C14H13N3O3. The van der Waals surface area contributed by atoms with Crippen LogP contribution in [0.1, 0.15) is 23.2 Å². The molecule has 3 rings (SSSR count). The third kappa shape index (κ3) is 2.20. The first-order chi connectivity index (χ1) is 9.65. The lowest BCUT2D eigenvalue weighted by atomic mass is 9.74. The van der Waals surface area contributed by atoms with Gasteiger partial charge in [-0.05, 0) is 30.9 Å². The van der Waals surface area contributed by atoms with Crippen molar-refractivity contribution in [3.8, 4) is 0 Å². The zero-order valence-corrected chi connectivity index (χ0v) is 10.7. The number of nitro benzene ring substituents is 1. The Morgan fingerprint density at radius 1 is 1.35 bits per heavy atom. The van der Waals surface area contributed by atoms with E-state index in [0.29, 0.717) is 17.4 Å². The van der Waals surface area contributed by atoms with E-state index in [0.717, 1.165) is 18.6 Å². The Morgan fingerprint density at radius 2 is 2.10 bits per heavy atom. The Kier molecular flexibility index (Phi) is 3.06. The fourth-order valence-electron chi connectivity index (χ4n) is 2.58. The second kappa shape index (κ2) is 4.88. The summed E-state index contributed by atoms with van der Waals surface area (Å²) in [6, 6.07) is 5.47. The van der Waals surface area contributed by atoms with Crippen molar-refractivity contribution in [1.82, 2.24) is 5.43 Å². The zero-order chi connectivity index (χ0) is 14.1. The van der Waals surface area contributed by atoms with Crippen molar-refractivity contribution < 1.29 is 9.72 Å². The lowest BCUT2D eigenvalue weighted by Crippen LogP contribution is -2.35. The van der Waals surface area contributed by atoms with Gasteiger partial charge in [0, 0.05) is 29.3 Å². The van der Waals surface area contributed by atoms with Crippen molar-refractivity contribution in [2.75, 3.05) is 0 Å². The highest BCUT2D eigenvalue weighted by Crippen LogP contribution is 2.40. The maximum absolute atomic E-state index is 11.9. The van der Waals surface area contributed by atoms with Gasteiger partial charge in [0.25, 0.3) is 11.6 Å². The Hall–Kier alpha value is -2.50. The largest absolute Gasteiger partial charge is 0.271 e. The molecule has 0 spiro atoms. The zero-order valence-electron chi connectivity index (χ0n) is 10.7. The number of benzene rings is 1. The summed E-state index contributed by atoms with van der Waals surface area (Å²) in [6.45, 7) is 0. The van der Waals surface area contributed by atoms with Crippen LogP contribution in [0.4, 0.5) is 5.69 Å². The standard InChI is InChI=1S/C14H13N3O3/c18-14(9-4-6-11(7-5-9)17(19)20)16-15-13-8-10-2-1-3-12(10)13/h1-2,4-7,10,12H,3,8H2,(H,16,18)/b15-13-/t10-,12-/m1/s1. The molecule has 0 bridgehead atoms. The first kappa shape index (κ1) is 12.5. The number of hydrogen-bond acceptors (Lipinski definition) is 4. The van der Waals surface area contributed by atoms with Crippen LogP contribution in [0.5, 0.6) is 0 Å². The van der Waals surface area contributed by atoms with Gasteiger partial charge in [-0.3, -0.25) is 14.9 Å². The maximum Gasteiger partial charge on any atom is 0.271 e. The van der Waals surface area contributed by atoms with Gasteiger partial charge >= 0.3 is 0 Å². The molecule has 1 N–H and O–H groups in total. The third-order valence-electron chi connectivity index (χ3n) is 3.80. The minimum absolute atomic E-state index is 0.0354. The smallest absolute Gasteiger partial charge is 0.267 e. The van der Waals surface area contributed by atoms with Gasteiger partial charge in [-0.2, -0.15) is 5.10 Å². The Balaban J connectivity index is 1.62. The molecule has 0 heterocycles. The summed E-state index contributed by atoms with van der Waals surface area (Å²) in [4.78, 5) is 21.9. The number of non-ortho nitro benzene ring substituents is 1. The van der Waals surface area contributed by atoms with Crippen molar-refractivity contribution in [2.24, 2.45) is 16.9 Å². The molecule has 2 atom stereocenters. The normalized spacial score (nSPS) is 25.1. The molecule has 6 heteroatoms. The summed E-state index contributed by atoms with van der Waals surface area (Å²) >= 11 is 0. The number of nitro groups is 1. The molecule has 0 unspecified atom stereocenters. The molecule has 2 aliphatic carbocycles. The molecule has 0 aromatic heterocycles. The predicted octanol–water partition coefficient (Wildman–Crippen LogP) is 2.28. The summed E-state index contributed by atoms with van der Waals surface area (Å²) in [6.07, 6.45) is 6.25. The highest BCUT2D eigenvalue weighted by molar-refractivity contribution is 5.98. The molecule has 2 aliphatic rings. The van der Waals surface area contributed by atoms with Gasteiger partial charge in [0.05, 0.1) is 4.92 Å². The number of rotatable bonds is 3. The van der Waals surface area contributed by atoms with Crippen LogP contribution in [0.15, 0.2) is 41.5 Å². The Labute approximate surface area is 115 Å². The molecule has 1 aromatic carbocycles. The molecule has 6 nitrogen and oxygen atoms in total. The monoisotopic (exact) mass is 271 g/mol. The van der Waals surface area contributed by atoms with Crippen LogP contribution in [0.2, 0.25) is 0 Å². The van der Waals surface area contributed by atoms with Crippen molar-refractivity contribution >= 4 is 17.3 Å². The van der Waals surface area contributed by atoms with Gasteiger partial charge in [0.15, 0.2) is 0 Å². The average molecular weight is 271 g/mol. The quantitative estimate of drug-likeness (QED) is 0.520. The molecule has 0 saturated heterocycles. The van der Waals surface area contributed by atoms with Gasteiger partial charge in [-0.1, -0.05) is 12.2 Å². The van der Waals surface area contributed by atoms with E-state index in [1.807, 2.05) is 0 Å². The predicted molar refractivity (Wildman–Crippen MR) is 73.4 cm³/mol. The number of amides is 1. The van der Waals surface area contributed by atoms with Crippen molar-refractivity contribution in [1.29, 1.82) is 0 Å². The summed E-state index contributed by atoms with van der Waals surface area (Å²) in [5, 5.41) is 14.7. The van der Waals surface area contributed by atoms with E-state index in [9.17, 15) is 14.9 Å². The lowest BCUT2D eigenvalue weighted by Gasteiger charge is -2.31. The van der Waals surface area contributed by atoms with E-state index in [1.165, 1.54) is 24.3 Å². The van der Waals surface area contributed by atoms with Crippen LogP contribution in [0, 0.1) is 22.0 Å². The highest BCUT2D eigenvalue weighted by atomic mass is 16.6. The number of nitrogens with one attached hydrogen (secondary N) is 1. The number of fused-ring (bicyclic) bond motifs is 1. The first-order valence-corrected chi connectivity index (χ1v) is 6.43. The maximum atomic E-state index is 11.9. The molecule has 1 fully saturated rings. The molecule has 1 amide bonds. The van der Waals surface area contributed by atoms with Gasteiger partial charge < -0.3 is 0 Å². The van der Waals surface area contributed by atoms with E-state index < -0.39 is 4.92 Å². The van der Waals surface area contributed by atoms with Crippen LogP contribution in [-0.2, 0) is 0 Å². The minimum atomic E-state index is -0.497. The van der Waals surface area contributed by atoms with Crippen LogP contribution < -0.4 is 5.43 Å². The second-order valence-corrected chi connectivity index (χ2v) is 4.99. The highest BCUT2D eigenvalue weighted by Gasteiger charge is 2.37. The van der Waals surface area contributed by atoms with Crippen LogP contribution >= 0.6 is 0 Å². The minimum Gasteiger partial charge on any atom is -0.267 e. The van der Waals surface area contributed by atoms with Crippen LogP contribution in [-0.4, -0.2) is 16.5 Å². The first-order valence-electron chi connectivity index (χ1n) is 6.43. The van der Waals surface area contributed by atoms with Gasteiger partial charge in [-0.15, -0.1) is 0 Å². The summed E-state index contributed by atoms with van der Waals surface area (Å²) in [7, 11) is 0. The van der Waals surface area contributed by atoms with Crippen LogP contribution in [0.3, 0.4) is 0 Å². The molecule has 1 aromatic rings.